The normalized spacial score (nSPS) is 12.8. The van der Waals surface area contributed by atoms with Crippen LogP contribution in [-0.4, -0.2) is 39.1 Å². The summed E-state index contributed by atoms with van der Waals surface area (Å²) in [6.07, 6.45) is 3.76. The van der Waals surface area contributed by atoms with E-state index in [1.807, 2.05) is 20.8 Å². The number of ether oxygens (including phenoxy) is 1. The second kappa shape index (κ2) is 7.49. The van der Waals surface area contributed by atoms with Gasteiger partial charge in [-0.3, -0.25) is 4.79 Å². The highest BCUT2D eigenvalue weighted by Crippen LogP contribution is 2.29. The molecule has 3 aromatic rings. The molecule has 0 fully saturated rings. The van der Waals surface area contributed by atoms with Gasteiger partial charge < -0.3 is 15.0 Å². The summed E-state index contributed by atoms with van der Waals surface area (Å²) in [6.45, 7) is 5.76. The number of rotatable bonds is 5. The van der Waals surface area contributed by atoms with Crippen LogP contribution in [0, 0.1) is 17.0 Å². The van der Waals surface area contributed by atoms with Crippen LogP contribution in [0.25, 0.3) is 22.4 Å². The molecule has 0 radical (unpaired) electrons. The molecular formula is C19H21F2N5O2. The summed E-state index contributed by atoms with van der Waals surface area (Å²) in [7, 11) is 1.30. The van der Waals surface area contributed by atoms with E-state index in [2.05, 4.69) is 25.3 Å². The number of nitrogens with one attached hydrogen (secondary N) is 2. The van der Waals surface area contributed by atoms with Gasteiger partial charge in [0.05, 0.1) is 25.9 Å². The first-order valence-corrected chi connectivity index (χ1v) is 8.68. The number of nitrogens with zero attached hydrogens (tertiary/aromatic N) is 3. The van der Waals surface area contributed by atoms with Crippen LogP contribution in [-0.2, 0) is 9.53 Å². The number of halogens is 2. The van der Waals surface area contributed by atoms with E-state index in [1.165, 1.54) is 13.2 Å². The number of carbonyl (C=O) groups is 1. The van der Waals surface area contributed by atoms with Crippen LogP contribution in [0.15, 0.2) is 24.7 Å². The monoisotopic (exact) mass is 389 g/mol. The Balaban J connectivity index is 1.98. The molecule has 0 aliphatic carbocycles. The summed E-state index contributed by atoms with van der Waals surface area (Å²) < 4.78 is 32.7. The van der Waals surface area contributed by atoms with Gasteiger partial charge >= 0.3 is 5.97 Å². The van der Waals surface area contributed by atoms with Gasteiger partial charge in [-0.2, -0.15) is 0 Å². The van der Waals surface area contributed by atoms with Gasteiger partial charge in [-0.15, -0.1) is 0 Å². The van der Waals surface area contributed by atoms with Crippen molar-refractivity contribution in [2.45, 2.75) is 33.2 Å². The van der Waals surface area contributed by atoms with Crippen LogP contribution in [0.2, 0.25) is 0 Å². The van der Waals surface area contributed by atoms with Gasteiger partial charge in [0.25, 0.3) is 0 Å². The van der Waals surface area contributed by atoms with Crippen molar-refractivity contribution in [3.05, 3.63) is 36.3 Å². The third kappa shape index (κ3) is 4.08. The van der Waals surface area contributed by atoms with Gasteiger partial charge in [0.15, 0.2) is 17.5 Å². The Bertz CT molecular complexity index is 1010. The van der Waals surface area contributed by atoms with E-state index < -0.39 is 23.6 Å². The number of carbonyl (C=O) groups excluding carboxylic acids is 1. The SMILES string of the molecule is COC(=O)C[C@H](Nc1nc(-c2c[nH]c3ncc(F)cc23)ncc1F)C(C)(C)C. The fourth-order valence-corrected chi connectivity index (χ4v) is 2.75. The van der Waals surface area contributed by atoms with Gasteiger partial charge in [0.1, 0.15) is 11.5 Å². The fourth-order valence-electron chi connectivity index (χ4n) is 2.75. The predicted octanol–water partition coefficient (Wildman–Crippen LogP) is 3.69. The summed E-state index contributed by atoms with van der Waals surface area (Å²) in [4.78, 5) is 26.9. The molecule has 0 aliphatic heterocycles. The van der Waals surface area contributed by atoms with Gasteiger partial charge in [0, 0.05) is 23.2 Å². The van der Waals surface area contributed by atoms with E-state index in [9.17, 15) is 13.6 Å². The molecule has 0 aliphatic rings. The Morgan fingerprint density at radius 2 is 2.04 bits per heavy atom. The van der Waals surface area contributed by atoms with Gasteiger partial charge in [-0.05, 0) is 11.5 Å². The van der Waals surface area contributed by atoms with Crippen molar-refractivity contribution in [1.29, 1.82) is 0 Å². The van der Waals surface area contributed by atoms with Crippen molar-refractivity contribution >= 4 is 22.8 Å². The van der Waals surface area contributed by atoms with Crippen LogP contribution in [0.3, 0.4) is 0 Å². The number of hydrogen-bond donors (Lipinski definition) is 2. The Morgan fingerprint density at radius 3 is 2.71 bits per heavy atom. The minimum atomic E-state index is -0.660. The number of hydrogen-bond acceptors (Lipinski definition) is 6. The van der Waals surface area contributed by atoms with E-state index in [0.717, 1.165) is 12.4 Å². The lowest BCUT2D eigenvalue weighted by Gasteiger charge is -2.31. The molecule has 0 bridgehead atoms. The lowest BCUT2D eigenvalue weighted by Crippen LogP contribution is -2.37. The summed E-state index contributed by atoms with van der Waals surface area (Å²) in [6, 6.07) is 0.878. The van der Waals surface area contributed by atoms with Crippen LogP contribution in [0.4, 0.5) is 14.6 Å². The number of fused-ring (bicyclic) bond motifs is 1. The maximum Gasteiger partial charge on any atom is 0.307 e. The highest BCUT2D eigenvalue weighted by atomic mass is 19.1. The van der Waals surface area contributed by atoms with Crippen LogP contribution >= 0.6 is 0 Å². The van der Waals surface area contributed by atoms with Crippen molar-refractivity contribution in [2.75, 3.05) is 12.4 Å². The number of aromatic nitrogens is 4. The first kappa shape index (κ1) is 19.7. The van der Waals surface area contributed by atoms with E-state index in [1.54, 1.807) is 6.20 Å². The van der Waals surface area contributed by atoms with Crippen molar-refractivity contribution < 1.29 is 18.3 Å². The quantitative estimate of drug-likeness (QED) is 0.647. The average Bonchev–Trinajstić information content (AvgIpc) is 3.04. The van der Waals surface area contributed by atoms with E-state index >= 15 is 0 Å². The van der Waals surface area contributed by atoms with E-state index in [4.69, 9.17) is 4.74 Å². The third-order valence-corrected chi connectivity index (χ3v) is 4.44. The summed E-state index contributed by atoms with van der Waals surface area (Å²) in [5, 5.41) is 3.47. The summed E-state index contributed by atoms with van der Waals surface area (Å²) in [5.74, 6) is -1.42. The fraction of sp³-hybridized carbons (Fsp3) is 0.368. The van der Waals surface area contributed by atoms with Crippen LogP contribution in [0.5, 0.6) is 0 Å². The average molecular weight is 389 g/mol. The second-order valence-electron chi connectivity index (χ2n) is 7.49. The third-order valence-electron chi connectivity index (χ3n) is 4.44. The van der Waals surface area contributed by atoms with E-state index in [0.29, 0.717) is 16.6 Å². The van der Waals surface area contributed by atoms with Gasteiger partial charge in [-0.25, -0.2) is 23.7 Å². The molecule has 0 saturated heterocycles. The first-order valence-electron chi connectivity index (χ1n) is 8.68. The number of methoxy groups -OCH3 is 1. The molecular weight excluding hydrogens is 368 g/mol. The minimum Gasteiger partial charge on any atom is -0.469 e. The molecule has 0 amide bonds. The lowest BCUT2D eigenvalue weighted by atomic mass is 9.84. The second-order valence-corrected chi connectivity index (χ2v) is 7.49. The highest BCUT2D eigenvalue weighted by Gasteiger charge is 2.29. The lowest BCUT2D eigenvalue weighted by molar-refractivity contribution is -0.141. The summed E-state index contributed by atoms with van der Waals surface area (Å²) >= 11 is 0. The Labute approximate surface area is 160 Å². The standard InChI is InChI=1S/C19H21F2N5O2/c1-19(2,3)14(6-15(27)28-4)25-18-13(21)9-24-17(26-18)12-8-23-16-11(12)5-10(20)7-22-16/h5,7-9,14H,6H2,1-4H3,(H,22,23)(H,24,25,26)/t14-/m0/s1. The zero-order valence-electron chi connectivity index (χ0n) is 16.0. The van der Waals surface area contributed by atoms with Gasteiger partial charge in [0.2, 0.25) is 0 Å². The number of esters is 1. The largest absolute Gasteiger partial charge is 0.469 e. The number of aromatic amines is 1. The van der Waals surface area contributed by atoms with Gasteiger partial charge in [-0.1, -0.05) is 20.8 Å². The molecule has 0 aromatic carbocycles. The van der Waals surface area contributed by atoms with Crippen molar-refractivity contribution in [3.8, 4) is 11.4 Å². The minimum absolute atomic E-state index is 0.0427. The summed E-state index contributed by atoms with van der Waals surface area (Å²) in [5.41, 5.74) is 0.585. The molecule has 0 unspecified atom stereocenters. The maximum atomic E-state index is 14.4. The topological polar surface area (TPSA) is 92.8 Å². The Hall–Kier alpha value is -3.10. The van der Waals surface area contributed by atoms with Crippen molar-refractivity contribution in [3.63, 3.8) is 0 Å². The first-order chi connectivity index (χ1) is 13.2. The molecule has 0 saturated carbocycles. The zero-order valence-corrected chi connectivity index (χ0v) is 16.0. The predicted molar refractivity (Wildman–Crippen MR) is 101 cm³/mol. The molecule has 3 aromatic heterocycles. The number of H-pyrrole nitrogens is 1. The van der Waals surface area contributed by atoms with E-state index in [-0.39, 0.29) is 23.5 Å². The highest BCUT2D eigenvalue weighted by molar-refractivity contribution is 5.91. The molecule has 7 nitrogen and oxygen atoms in total. The van der Waals surface area contributed by atoms with Crippen LogP contribution < -0.4 is 5.32 Å². The van der Waals surface area contributed by atoms with Crippen molar-refractivity contribution in [1.82, 2.24) is 19.9 Å². The number of pyridine rings is 1. The smallest absolute Gasteiger partial charge is 0.307 e. The molecule has 1 atom stereocenters. The molecule has 28 heavy (non-hydrogen) atoms. The van der Waals surface area contributed by atoms with Crippen molar-refractivity contribution in [2.24, 2.45) is 5.41 Å². The molecule has 2 N–H and O–H groups in total. The molecule has 3 heterocycles. The Kier molecular flexibility index (Phi) is 5.26. The number of anilines is 1. The maximum absolute atomic E-state index is 14.4. The van der Waals surface area contributed by atoms with Crippen LogP contribution in [0.1, 0.15) is 27.2 Å². The molecule has 148 valence electrons. The molecule has 3 rings (SSSR count). The molecule has 9 heteroatoms. The zero-order chi connectivity index (χ0) is 20.5. The molecule has 0 spiro atoms. The Morgan fingerprint density at radius 1 is 1.29 bits per heavy atom.